The van der Waals surface area contributed by atoms with E-state index in [2.05, 4.69) is 51.0 Å². The van der Waals surface area contributed by atoms with Crippen LogP contribution < -0.4 is 4.74 Å². The summed E-state index contributed by atoms with van der Waals surface area (Å²) in [4.78, 5) is 19.6. The monoisotopic (exact) mass is 473 g/mol. The topological polar surface area (TPSA) is 75.6 Å². The minimum absolute atomic E-state index is 0.307. The van der Waals surface area contributed by atoms with Gasteiger partial charge in [0.15, 0.2) is 5.65 Å². The maximum atomic E-state index is 6.17. The molecular weight excluding hydrogens is 438 g/mol. The van der Waals surface area contributed by atoms with E-state index in [9.17, 15) is 0 Å². The molecule has 35 heavy (non-hydrogen) atoms. The highest BCUT2D eigenvalue weighted by Crippen LogP contribution is 2.36. The minimum Gasteiger partial charge on any atom is -0.492 e. The normalized spacial score (nSPS) is 20.2. The van der Waals surface area contributed by atoms with E-state index in [1.165, 1.54) is 16.8 Å². The summed E-state index contributed by atoms with van der Waals surface area (Å²) in [6, 6.07) is 8.91. The molecular formula is C28H35N5O2. The predicted octanol–water partition coefficient (Wildman–Crippen LogP) is 5.31. The molecule has 2 aromatic heterocycles. The Kier molecular flexibility index (Phi) is 6.97. The zero-order valence-corrected chi connectivity index (χ0v) is 21.2. The van der Waals surface area contributed by atoms with E-state index in [-0.39, 0.29) is 0 Å². The molecule has 0 radical (unpaired) electrons. The largest absolute Gasteiger partial charge is 0.492 e. The summed E-state index contributed by atoms with van der Waals surface area (Å²) in [5.74, 6) is 2.40. The van der Waals surface area contributed by atoms with Gasteiger partial charge in [0.1, 0.15) is 18.2 Å². The van der Waals surface area contributed by atoms with Crippen molar-refractivity contribution in [3.8, 4) is 16.9 Å². The molecule has 0 fully saturated rings. The van der Waals surface area contributed by atoms with Gasteiger partial charge in [0.25, 0.3) is 0 Å². The van der Waals surface area contributed by atoms with Gasteiger partial charge in [-0.05, 0) is 75.3 Å². The number of pyridine rings is 1. The first-order valence-electron chi connectivity index (χ1n) is 12.6. The third-order valence-corrected chi connectivity index (χ3v) is 7.27. The van der Waals surface area contributed by atoms with Crippen molar-refractivity contribution in [2.24, 2.45) is 10.9 Å². The molecule has 7 nitrogen and oxygen atoms in total. The molecule has 1 aliphatic heterocycles. The van der Waals surface area contributed by atoms with Gasteiger partial charge in [-0.1, -0.05) is 6.07 Å². The number of hydrogen-bond acceptors (Lipinski definition) is 6. The van der Waals surface area contributed by atoms with Crippen LogP contribution in [0.5, 0.6) is 5.75 Å². The van der Waals surface area contributed by atoms with Gasteiger partial charge in [0.2, 0.25) is 0 Å². The lowest BCUT2D eigenvalue weighted by atomic mass is 9.84. The zero-order valence-electron chi connectivity index (χ0n) is 21.2. The molecule has 2 unspecified atom stereocenters. The van der Waals surface area contributed by atoms with Crippen molar-refractivity contribution < 1.29 is 9.47 Å². The van der Waals surface area contributed by atoms with Crippen LogP contribution in [0.4, 0.5) is 0 Å². The molecule has 5 rings (SSSR count). The molecule has 2 atom stereocenters. The maximum absolute atomic E-state index is 6.17. The van der Waals surface area contributed by atoms with E-state index in [1.54, 1.807) is 7.11 Å². The number of nitrogens with zero attached hydrogens (tertiary/aromatic N) is 4. The standard InChI is InChI=1S/C28H35N5O2/c1-5-29-25-12-20(17-34-4)6-8-24(25)18(2)33-10-11-35-27-9-7-21(13-23(27)16-33)22-14-26-28(30-15-22)32-19(3)31-26/h5,7,9,13-15,18,20H,6,8,10-12,16-17H2,1-4H3,(H,30,31,32). The molecule has 7 heteroatoms. The molecule has 2 aliphatic rings. The Bertz CT molecular complexity index is 1260. The van der Waals surface area contributed by atoms with Gasteiger partial charge in [-0.25, -0.2) is 9.97 Å². The number of benzene rings is 1. The molecule has 0 saturated carbocycles. The molecule has 0 saturated heterocycles. The molecule has 1 aliphatic carbocycles. The van der Waals surface area contributed by atoms with Crippen molar-refractivity contribution in [2.45, 2.75) is 52.6 Å². The van der Waals surface area contributed by atoms with Crippen LogP contribution in [0.1, 0.15) is 44.5 Å². The van der Waals surface area contributed by atoms with Gasteiger partial charge in [-0.3, -0.25) is 9.89 Å². The average Bonchev–Trinajstić information content (AvgIpc) is 3.09. The van der Waals surface area contributed by atoms with Gasteiger partial charge < -0.3 is 14.5 Å². The number of aromatic amines is 1. The molecule has 0 bridgehead atoms. The summed E-state index contributed by atoms with van der Waals surface area (Å²) in [6.07, 6.45) is 7.05. The van der Waals surface area contributed by atoms with E-state index in [1.807, 2.05) is 26.3 Å². The fraction of sp³-hybridized carbons (Fsp3) is 0.464. The molecule has 1 aromatic carbocycles. The number of ether oxygens (including phenoxy) is 2. The van der Waals surface area contributed by atoms with Crippen LogP contribution in [-0.2, 0) is 11.3 Å². The summed E-state index contributed by atoms with van der Waals surface area (Å²) in [5, 5.41) is 0. The van der Waals surface area contributed by atoms with Crippen LogP contribution in [0.25, 0.3) is 22.3 Å². The lowest BCUT2D eigenvalue weighted by Crippen LogP contribution is -2.37. The highest BCUT2D eigenvalue weighted by atomic mass is 16.5. The number of rotatable bonds is 6. The molecule has 1 N–H and O–H groups in total. The number of fused-ring (bicyclic) bond motifs is 2. The van der Waals surface area contributed by atoms with E-state index in [0.717, 1.165) is 72.8 Å². The number of imidazole rings is 1. The second kappa shape index (κ2) is 10.3. The molecule has 0 amide bonds. The smallest absolute Gasteiger partial charge is 0.177 e. The summed E-state index contributed by atoms with van der Waals surface area (Å²) in [5.41, 5.74) is 7.83. The second-order valence-corrected chi connectivity index (χ2v) is 9.66. The van der Waals surface area contributed by atoms with E-state index in [0.29, 0.717) is 18.6 Å². The summed E-state index contributed by atoms with van der Waals surface area (Å²) < 4.78 is 11.6. The van der Waals surface area contributed by atoms with Crippen molar-refractivity contribution in [3.05, 3.63) is 53.1 Å². The number of methoxy groups -OCH3 is 1. The van der Waals surface area contributed by atoms with E-state index >= 15 is 0 Å². The third kappa shape index (κ3) is 5.02. The SMILES string of the molecule is CC=NC1=C(C(C)N2CCOc3ccc(-c4cnc5nc(C)[nH]c5c4)cc3C2)CCC(COC)C1. The highest BCUT2D eigenvalue weighted by Gasteiger charge is 2.28. The van der Waals surface area contributed by atoms with Crippen molar-refractivity contribution in [2.75, 3.05) is 26.9 Å². The first-order valence-corrected chi connectivity index (χ1v) is 12.6. The number of aromatic nitrogens is 3. The van der Waals surface area contributed by atoms with Crippen molar-refractivity contribution >= 4 is 17.4 Å². The van der Waals surface area contributed by atoms with Gasteiger partial charge in [0.05, 0.1) is 5.52 Å². The predicted molar refractivity (Wildman–Crippen MR) is 140 cm³/mol. The lowest BCUT2D eigenvalue weighted by Gasteiger charge is -2.34. The van der Waals surface area contributed by atoms with Crippen LogP contribution in [0.15, 0.2) is 46.7 Å². The number of nitrogens with one attached hydrogen (secondary N) is 1. The van der Waals surface area contributed by atoms with Crippen LogP contribution >= 0.6 is 0 Å². The Balaban J connectivity index is 1.41. The summed E-state index contributed by atoms with van der Waals surface area (Å²) in [6.45, 7) is 9.50. The van der Waals surface area contributed by atoms with E-state index < -0.39 is 0 Å². The van der Waals surface area contributed by atoms with Crippen molar-refractivity contribution in [3.63, 3.8) is 0 Å². The number of aryl methyl sites for hydroxylation is 1. The first-order chi connectivity index (χ1) is 17.1. The minimum atomic E-state index is 0.307. The van der Waals surface area contributed by atoms with Crippen molar-refractivity contribution in [1.29, 1.82) is 0 Å². The number of hydrogen-bond donors (Lipinski definition) is 1. The summed E-state index contributed by atoms with van der Waals surface area (Å²) >= 11 is 0. The quantitative estimate of drug-likeness (QED) is 0.491. The van der Waals surface area contributed by atoms with Gasteiger partial charge in [0, 0.05) is 62.1 Å². The average molecular weight is 474 g/mol. The number of allylic oxidation sites excluding steroid dienone is 1. The van der Waals surface area contributed by atoms with Crippen LogP contribution in [-0.4, -0.2) is 59.0 Å². The molecule has 184 valence electrons. The molecule has 3 heterocycles. The Morgan fingerprint density at radius 2 is 2.20 bits per heavy atom. The Morgan fingerprint density at radius 1 is 1.31 bits per heavy atom. The van der Waals surface area contributed by atoms with Crippen LogP contribution in [0, 0.1) is 12.8 Å². The fourth-order valence-corrected chi connectivity index (χ4v) is 5.45. The zero-order chi connectivity index (χ0) is 24.4. The Labute approximate surface area is 207 Å². The van der Waals surface area contributed by atoms with Crippen LogP contribution in [0.3, 0.4) is 0 Å². The highest BCUT2D eigenvalue weighted by molar-refractivity contribution is 5.78. The maximum Gasteiger partial charge on any atom is 0.177 e. The lowest BCUT2D eigenvalue weighted by molar-refractivity contribution is 0.140. The Hall–Kier alpha value is -3.03. The van der Waals surface area contributed by atoms with Gasteiger partial charge in [-0.15, -0.1) is 0 Å². The van der Waals surface area contributed by atoms with Crippen molar-refractivity contribution in [1.82, 2.24) is 19.9 Å². The van der Waals surface area contributed by atoms with Gasteiger partial charge in [-0.2, -0.15) is 0 Å². The number of H-pyrrole nitrogens is 1. The van der Waals surface area contributed by atoms with Crippen LogP contribution in [0.2, 0.25) is 0 Å². The first kappa shape index (κ1) is 23.7. The molecule has 3 aromatic rings. The van der Waals surface area contributed by atoms with Gasteiger partial charge >= 0.3 is 0 Å². The third-order valence-electron chi connectivity index (χ3n) is 7.27. The summed E-state index contributed by atoms with van der Waals surface area (Å²) in [7, 11) is 1.79. The second-order valence-electron chi connectivity index (χ2n) is 9.66. The fourth-order valence-electron chi connectivity index (χ4n) is 5.45. The number of aliphatic imine (C=N–C) groups is 1. The van der Waals surface area contributed by atoms with E-state index in [4.69, 9.17) is 14.5 Å². The Morgan fingerprint density at radius 3 is 3.03 bits per heavy atom. The molecule has 0 spiro atoms.